The smallest absolute Gasteiger partial charge is 0.319 e. The number of carbonyl (C=O) groups excluding carboxylic acids is 1. The highest BCUT2D eigenvalue weighted by atomic mass is 35.5. The van der Waals surface area contributed by atoms with Crippen molar-refractivity contribution in [1.82, 2.24) is 10.2 Å². The first-order valence-electron chi connectivity index (χ1n) is 6.66. The van der Waals surface area contributed by atoms with E-state index < -0.39 is 0 Å². The van der Waals surface area contributed by atoms with E-state index in [4.69, 9.17) is 23.2 Å². The lowest BCUT2D eigenvalue weighted by atomic mass is 10.1. The first-order chi connectivity index (χ1) is 10.5. The van der Waals surface area contributed by atoms with E-state index in [0.29, 0.717) is 22.3 Å². The molecule has 0 radical (unpaired) electrons. The molecule has 2 aromatic rings. The van der Waals surface area contributed by atoms with Gasteiger partial charge in [-0.05, 0) is 48.6 Å². The topological polar surface area (TPSA) is 44.4 Å². The van der Waals surface area contributed by atoms with Gasteiger partial charge < -0.3 is 15.5 Å². The van der Waals surface area contributed by atoms with Gasteiger partial charge in [0.15, 0.2) is 0 Å². The number of nitrogens with one attached hydrogen (secondary N) is 2. The van der Waals surface area contributed by atoms with E-state index in [1.807, 2.05) is 19.5 Å². The molecule has 0 spiro atoms. The number of likely N-dealkylation sites (N-methyl/N-ethyl adjacent to an activating group) is 1. The number of anilines is 1. The van der Waals surface area contributed by atoms with Crippen LogP contribution in [0.4, 0.5) is 10.5 Å². The van der Waals surface area contributed by atoms with Gasteiger partial charge in [-0.15, -0.1) is 0 Å². The van der Waals surface area contributed by atoms with Gasteiger partial charge in [-0.2, -0.15) is 11.3 Å². The van der Waals surface area contributed by atoms with Crippen LogP contribution in [0, 0.1) is 0 Å². The van der Waals surface area contributed by atoms with Crippen molar-refractivity contribution >= 4 is 46.3 Å². The van der Waals surface area contributed by atoms with E-state index in [1.54, 1.807) is 29.5 Å². The molecule has 2 N–H and O–H groups in total. The summed E-state index contributed by atoms with van der Waals surface area (Å²) in [5.74, 6) is 0. The highest BCUT2D eigenvalue weighted by Gasteiger charge is 2.16. The van der Waals surface area contributed by atoms with Crippen LogP contribution in [-0.4, -0.2) is 31.6 Å². The maximum absolute atomic E-state index is 12.0. The van der Waals surface area contributed by atoms with Crippen LogP contribution < -0.4 is 10.6 Å². The van der Waals surface area contributed by atoms with Crippen LogP contribution in [0.5, 0.6) is 0 Å². The molecule has 118 valence electrons. The van der Waals surface area contributed by atoms with Crippen LogP contribution in [0.3, 0.4) is 0 Å². The second-order valence-corrected chi connectivity index (χ2v) is 6.54. The van der Waals surface area contributed by atoms with Gasteiger partial charge in [0.1, 0.15) is 0 Å². The zero-order chi connectivity index (χ0) is 16.1. The number of halogens is 2. The number of rotatable bonds is 5. The van der Waals surface area contributed by atoms with Gasteiger partial charge in [-0.25, -0.2) is 4.79 Å². The van der Waals surface area contributed by atoms with Crippen LogP contribution in [0.1, 0.15) is 11.6 Å². The summed E-state index contributed by atoms with van der Waals surface area (Å²) in [6.45, 7) is 0.494. The van der Waals surface area contributed by atoms with E-state index >= 15 is 0 Å². The fraction of sp³-hybridized carbons (Fsp3) is 0.267. The summed E-state index contributed by atoms with van der Waals surface area (Å²) in [4.78, 5) is 14.1. The Kier molecular flexibility index (Phi) is 6.08. The van der Waals surface area contributed by atoms with Crippen molar-refractivity contribution in [3.63, 3.8) is 0 Å². The highest BCUT2D eigenvalue weighted by molar-refractivity contribution is 7.07. The average molecular weight is 358 g/mol. The van der Waals surface area contributed by atoms with Gasteiger partial charge >= 0.3 is 6.03 Å². The quantitative estimate of drug-likeness (QED) is 0.828. The predicted octanol–water partition coefficient (Wildman–Crippen LogP) is 4.48. The van der Waals surface area contributed by atoms with Crippen LogP contribution in [0.2, 0.25) is 10.0 Å². The van der Waals surface area contributed by atoms with E-state index in [2.05, 4.69) is 27.0 Å². The molecule has 1 aromatic carbocycles. The SMILES string of the molecule is CN(C)[C@H](CNC(=O)Nc1cccc(Cl)c1Cl)c1ccsc1. The van der Waals surface area contributed by atoms with Crippen molar-refractivity contribution in [2.24, 2.45) is 0 Å². The van der Waals surface area contributed by atoms with Crippen molar-refractivity contribution < 1.29 is 4.79 Å². The largest absolute Gasteiger partial charge is 0.336 e. The third-order valence-electron chi connectivity index (χ3n) is 3.21. The third kappa shape index (κ3) is 4.36. The number of nitrogens with zero attached hydrogens (tertiary/aromatic N) is 1. The van der Waals surface area contributed by atoms with Crippen molar-refractivity contribution in [3.8, 4) is 0 Å². The molecule has 2 rings (SSSR count). The molecule has 22 heavy (non-hydrogen) atoms. The molecule has 4 nitrogen and oxygen atoms in total. The Bertz CT molecular complexity index is 632. The Balaban J connectivity index is 1.96. The van der Waals surface area contributed by atoms with Gasteiger partial charge in [0, 0.05) is 6.54 Å². The van der Waals surface area contributed by atoms with Gasteiger partial charge in [-0.1, -0.05) is 29.3 Å². The highest BCUT2D eigenvalue weighted by Crippen LogP contribution is 2.29. The summed E-state index contributed by atoms with van der Waals surface area (Å²) in [6.07, 6.45) is 0. The molecule has 0 aliphatic rings. The van der Waals surface area contributed by atoms with Gasteiger partial charge in [0.2, 0.25) is 0 Å². The molecular formula is C15H17Cl2N3OS. The monoisotopic (exact) mass is 357 g/mol. The molecule has 1 aromatic heterocycles. The standard InChI is InChI=1S/C15H17Cl2N3OS/c1-20(2)13(10-6-7-22-9-10)8-18-15(21)19-12-5-3-4-11(16)14(12)17/h3-7,9,13H,8H2,1-2H3,(H2,18,19,21)/t13-/m1/s1. The van der Waals surface area contributed by atoms with E-state index in [9.17, 15) is 4.79 Å². The van der Waals surface area contributed by atoms with E-state index in [0.717, 1.165) is 0 Å². The molecule has 1 atom stereocenters. The number of amides is 2. The molecule has 1 heterocycles. The Morgan fingerprint density at radius 2 is 2.09 bits per heavy atom. The van der Waals surface area contributed by atoms with Gasteiger partial charge in [0.05, 0.1) is 21.8 Å². The Hall–Kier alpha value is -1.27. The minimum atomic E-state index is -0.314. The molecule has 0 aliphatic heterocycles. The normalized spacial score (nSPS) is 12.2. The number of carbonyl (C=O) groups is 1. The maximum atomic E-state index is 12.0. The molecule has 0 fully saturated rings. The summed E-state index contributed by atoms with van der Waals surface area (Å²) in [6, 6.07) is 6.97. The zero-order valence-electron chi connectivity index (χ0n) is 12.3. The summed E-state index contributed by atoms with van der Waals surface area (Å²) < 4.78 is 0. The summed E-state index contributed by atoms with van der Waals surface area (Å²) in [5.41, 5.74) is 1.67. The summed E-state index contributed by atoms with van der Waals surface area (Å²) in [7, 11) is 3.96. The molecule has 2 amide bonds. The first kappa shape index (κ1) is 17.1. The lowest BCUT2D eigenvalue weighted by Crippen LogP contribution is -2.36. The molecular weight excluding hydrogens is 341 g/mol. The lowest BCUT2D eigenvalue weighted by Gasteiger charge is -2.24. The number of urea groups is 1. The van der Waals surface area contributed by atoms with Crippen LogP contribution in [0.25, 0.3) is 0 Å². The minimum Gasteiger partial charge on any atom is -0.336 e. The third-order valence-corrected chi connectivity index (χ3v) is 4.73. The number of thiophene rings is 1. The van der Waals surface area contributed by atoms with Crippen LogP contribution in [-0.2, 0) is 0 Å². The Labute approximate surface area is 144 Å². The van der Waals surface area contributed by atoms with Gasteiger partial charge in [0.25, 0.3) is 0 Å². The van der Waals surface area contributed by atoms with E-state index in [1.165, 1.54) is 5.56 Å². The lowest BCUT2D eigenvalue weighted by molar-refractivity contribution is 0.243. The number of benzene rings is 1. The molecule has 7 heteroatoms. The Morgan fingerprint density at radius 1 is 1.32 bits per heavy atom. The fourth-order valence-electron chi connectivity index (χ4n) is 2.02. The van der Waals surface area contributed by atoms with Crippen molar-refractivity contribution in [3.05, 3.63) is 50.6 Å². The number of hydrogen-bond donors (Lipinski definition) is 2. The zero-order valence-corrected chi connectivity index (χ0v) is 14.6. The first-order valence-corrected chi connectivity index (χ1v) is 8.36. The maximum Gasteiger partial charge on any atom is 0.319 e. The van der Waals surface area contributed by atoms with Crippen molar-refractivity contribution in [1.29, 1.82) is 0 Å². The molecule has 0 bridgehead atoms. The second kappa shape index (κ2) is 7.83. The second-order valence-electron chi connectivity index (χ2n) is 4.97. The molecule has 0 aliphatic carbocycles. The van der Waals surface area contributed by atoms with E-state index in [-0.39, 0.29) is 12.1 Å². The molecule has 0 saturated carbocycles. The number of hydrogen-bond acceptors (Lipinski definition) is 3. The van der Waals surface area contributed by atoms with Gasteiger partial charge in [-0.3, -0.25) is 0 Å². The fourth-order valence-corrected chi connectivity index (χ4v) is 3.07. The van der Waals surface area contributed by atoms with Crippen LogP contribution >= 0.6 is 34.5 Å². The average Bonchev–Trinajstić information content (AvgIpc) is 2.98. The Morgan fingerprint density at radius 3 is 2.73 bits per heavy atom. The van der Waals surface area contributed by atoms with Crippen LogP contribution in [0.15, 0.2) is 35.0 Å². The van der Waals surface area contributed by atoms with Crippen molar-refractivity contribution in [2.45, 2.75) is 6.04 Å². The minimum absolute atomic E-state index is 0.117. The molecule has 0 saturated heterocycles. The summed E-state index contributed by atoms with van der Waals surface area (Å²) >= 11 is 13.6. The summed E-state index contributed by atoms with van der Waals surface area (Å²) in [5, 5.41) is 10.4. The van der Waals surface area contributed by atoms with Crippen molar-refractivity contribution in [2.75, 3.05) is 26.0 Å². The predicted molar refractivity (Wildman–Crippen MR) is 94.2 cm³/mol. The molecule has 0 unspecified atom stereocenters.